The average molecular weight is 331 g/mol. The second-order valence-electron chi connectivity index (χ2n) is 5.45. The summed E-state index contributed by atoms with van der Waals surface area (Å²) in [5.41, 5.74) is 1.04. The number of rotatable bonds is 6. The van der Waals surface area contributed by atoms with Crippen LogP contribution >= 0.6 is 11.3 Å². The summed E-state index contributed by atoms with van der Waals surface area (Å²) in [5.74, 6) is -0.753. The first-order chi connectivity index (χ1) is 11.0. The van der Waals surface area contributed by atoms with Crippen molar-refractivity contribution < 1.29 is 14.3 Å². The van der Waals surface area contributed by atoms with E-state index in [4.69, 9.17) is 4.74 Å². The van der Waals surface area contributed by atoms with Crippen LogP contribution < -0.4 is 0 Å². The second kappa shape index (κ2) is 7.92. The number of methoxy groups -OCH3 is 1. The molecular weight excluding hydrogens is 310 g/mol. The van der Waals surface area contributed by atoms with E-state index in [0.29, 0.717) is 11.4 Å². The minimum Gasteiger partial charge on any atom is -0.469 e. The maximum Gasteiger partial charge on any atom is 0.310 e. The van der Waals surface area contributed by atoms with Crippen molar-refractivity contribution in [1.29, 1.82) is 0 Å². The number of amides is 1. The van der Waals surface area contributed by atoms with Crippen molar-refractivity contribution in [2.24, 2.45) is 5.92 Å². The van der Waals surface area contributed by atoms with E-state index in [0.717, 1.165) is 5.56 Å². The maximum atomic E-state index is 12.9. The molecule has 0 radical (unpaired) electrons. The fraction of sp³-hybridized carbons (Fsp3) is 0.333. The first-order valence-corrected chi connectivity index (χ1v) is 8.39. The van der Waals surface area contributed by atoms with Crippen LogP contribution in [0.2, 0.25) is 0 Å². The molecule has 1 aromatic heterocycles. The molecule has 0 saturated carbocycles. The Bertz CT molecular complexity index is 640. The van der Waals surface area contributed by atoms with Gasteiger partial charge in [0.2, 0.25) is 0 Å². The normalized spacial score (nSPS) is 13.2. The van der Waals surface area contributed by atoms with Gasteiger partial charge in [0.05, 0.1) is 23.9 Å². The van der Waals surface area contributed by atoms with E-state index in [-0.39, 0.29) is 23.8 Å². The molecule has 1 heterocycles. The molecule has 0 bridgehead atoms. The molecule has 1 amide bonds. The van der Waals surface area contributed by atoms with Crippen LogP contribution in [0.15, 0.2) is 47.8 Å². The standard InChI is InChI=1S/C18H21NO3S/c1-13(18(21)22-3)12-19(17(20)16-10-7-11-23-16)14(2)15-8-5-4-6-9-15/h4-11,13-14H,12H2,1-3H3. The fourth-order valence-corrected chi connectivity index (χ4v) is 3.12. The predicted octanol–water partition coefficient (Wildman–Crippen LogP) is 3.76. The molecule has 0 spiro atoms. The number of carbonyl (C=O) groups is 2. The molecule has 1 aromatic carbocycles. The van der Waals surface area contributed by atoms with Gasteiger partial charge in [0, 0.05) is 6.54 Å². The van der Waals surface area contributed by atoms with Crippen molar-refractivity contribution in [2.45, 2.75) is 19.9 Å². The molecule has 2 unspecified atom stereocenters. The monoisotopic (exact) mass is 331 g/mol. The molecule has 4 nitrogen and oxygen atoms in total. The molecule has 2 aromatic rings. The van der Waals surface area contributed by atoms with Gasteiger partial charge in [-0.15, -0.1) is 11.3 Å². The number of carbonyl (C=O) groups excluding carboxylic acids is 2. The molecular formula is C18H21NO3S. The molecule has 5 heteroatoms. The molecule has 0 N–H and O–H groups in total. The molecule has 23 heavy (non-hydrogen) atoms. The maximum absolute atomic E-state index is 12.9. The summed E-state index contributed by atoms with van der Waals surface area (Å²) < 4.78 is 4.79. The van der Waals surface area contributed by atoms with Gasteiger partial charge in [-0.2, -0.15) is 0 Å². The van der Waals surface area contributed by atoms with Crippen LogP contribution in [0.4, 0.5) is 0 Å². The Labute approximate surface area is 140 Å². The predicted molar refractivity (Wildman–Crippen MR) is 91.4 cm³/mol. The lowest BCUT2D eigenvalue weighted by molar-refractivity contribution is -0.145. The van der Waals surface area contributed by atoms with Crippen molar-refractivity contribution in [2.75, 3.05) is 13.7 Å². The molecule has 122 valence electrons. The van der Waals surface area contributed by atoms with E-state index in [1.807, 2.05) is 48.7 Å². The summed E-state index contributed by atoms with van der Waals surface area (Å²) in [6.45, 7) is 4.07. The lowest BCUT2D eigenvalue weighted by atomic mass is 10.0. The number of thiophene rings is 1. The second-order valence-corrected chi connectivity index (χ2v) is 6.39. The van der Waals surface area contributed by atoms with Crippen LogP contribution in [0, 0.1) is 5.92 Å². The lowest BCUT2D eigenvalue weighted by Gasteiger charge is -2.31. The van der Waals surface area contributed by atoms with Crippen LogP contribution in [0.1, 0.15) is 35.1 Å². The van der Waals surface area contributed by atoms with Crippen LogP contribution in [0.5, 0.6) is 0 Å². The van der Waals surface area contributed by atoms with Crippen molar-refractivity contribution in [3.63, 3.8) is 0 Å². The van der Waals surface area contributed by atoms with Crippen LogP contribution in [0.25, 0.3) is 0 Å². The van der Waals surface area contributed by atoms with Crippen molar-refractivity contribution >= 4 is 23.2 Å². The summed E-state index contributed by atoms with van der Waals surface area (Å²) in [6.07, 6.45) is 0. The highest BCUT2D eigenvalue weighted by atomic mass is 32.1. The third-order valence-corrected chi connectivity index (χ3v) is 4.67. The largest absolute Gasteiger partial charge is 0.469 e. The van der Waals surface area contributed by atoms with Gasteiger partial charge in [0.15, 0.2) is 0 Å². The number of ether oxygens (including phenoxy) is 1. The van der Waals surface area contributed by atoms with Crippen LogP contribution in [-0.2, 0) is 9.53 Å². The van der Waals surface area contributed by atoms with Crippen LogP contribution in [0.3, 0.4) is 0 Å². The van der Waals surface area contributed by atoms with Gasteiger partial charge in [-0.25, -0.2) is 0 Å². The van der Waals surface area contributed by atoms with Crippen LogP contribution in [-0.4, -0.2) is 30.4 Å². The van der Waals surface area contributed by atoms with Gasteiger partial charge in [-0.3, -0.25) is 9.59 Å². The zero-order chi connectivity index (χ0) is 16.8. The Balaban J connectivity index is 2.27. The fourth-order valence-electron chi connectivity index (χ4n) is 2.44. The summed E-state index contributed by atoms with van der Waals surface area (Å²) in [4.78, 5) is 27.0. The van der Waals surface area contributed by atoms with E-state index in [2.05, 4.69) is 0 Å². The highest BCUT2D eigenvalue weighted by Gasteiger charge is 2.27. The number of nitrogens with zero attached hydrogens (tertiary/aromatic N) is 1. The SMILES string of the molecule is COC(=O)C(C)CN(C(=O)c1cccs1)C(C)c1ccccc1. The number of hydrogen-bond donors (Lipinski definition) is 0. The van der Waals surface area contributed by atoms with Gasteiger partial charge in [-0.05, 0) is 23.9 Å². The Morgan fingerprint density at radius 3 is 2.39 bits per heavy atom. The van der Waals surface area contributed by atoms with E-state index in [9.17, 15) is 9.59 Å². The molecule has 0 aliphatic carbocycles. The first-order valence-electron chi connectivity index (χ1n) is 7.51. The Hall–Kier alpha value is -2.14. The van der Waals surface area contributed by atoms with Crippen molar-refractivity contribution in [3.8, 4) is 0 Å². The molecule has 2 rings (SSSR count). The molecule has 0 aliphatic rings. The Morgan fingerprint density at radius 2 is 1.83 bits per heavy atom. The first kappa shape index (κ1) is 17.2. The summed E-state index contributed by atoms with van der Waals surface area (Å²) >= 11 is 1.41. The van der Waals surface area contributed by atoms with Crippen molar-refractivity contribution in [1.82, 2.24) is 4.90 Å². The molecule has 2 atom stereocenters. The lowest BCUT2D eigenvalue weighted by Crippen LogP contribution is -2.38. The molecule has 0 aliphatic heterocycles. The third-order valence-electron chi connectivity index (χ3n) is 3.82. The third kappa shape index (κ3) is 4.20. The van der Waals surface area contributed by atoms with E-state index >= 15 is 0 Å². The zero-order valence-corrected chi connectivity index (χ0v) is 14.4. The van der Waals surface area contributed by atoms with Gasteiger partial charge < -0.3 is 9.64 Å². The highest BCUT2D eigenvalue weighted by molar-refractivity contribution is 7.12. The number of hydrogen-bond acceptors (Lipinski definition) is 4. The Morgan fingerprint density at radius 1 is 1.13 bits per heavy atom. The zero-order valence-electron chi connectivity index (χ0n) is 13.6. The Kier molecular flexibility index (Phi) is 5.93. The highest BCUT2D eigenvalue weighted by Crippen LogP contribution is 2.25. The molecule has 0 saturated heterocycles. The van der Waals surface area contributed by atoms with Gasteiger partial charge in [0.1, 0.15) is 0 Å². The quantitative estimate of drug-likeness (QED) is 0.757. The summed E-state index contributed by atoms with van der Waals surface area (Å²) in [5, 5.41) is 1.88. The van der Waals surface area contributed by atoms with Gasteiger partial charge >= 0.3 is 5.97 Å². The average Bonchev–Trinajstić information content (AvgIpc) is 3.12. The van der Waals surface area contributed by atoms with Crippen molar-refractivity contribution in [3.05, 3.63) is 58.3 Å². The summed E-state index contributed by atoms with van der Waals surface area (Å²) in [6, 6.07) is 13.3. The smallest absolute Gasteiger partial charge is 0.310 e. The molecule has 0 fully saturated rings. The van der Waals surface area contributed by atoms with E-state index < -0.39 is 0 Å². The topological polar surface area (TPSA) is 46.6 Å². The van der Waals surface area contributed by atoms with E-state index in [1.165, 1.54) is 18.4 Å². The minimum absolute atomic E-state index is 0.0629. The van der Waals surface area contributed by atoms with E-state index in [1.54, 1.807) is 17.9 Å². The van der Waals surface area contributed by atoms with Gasteiger partial charge in [0.25, 0.3) is 5.91 Å². The minimum atomic E-state index is -0.380. The number of esters is 1. The van der Waals surface area contributed by atoms with Gasteiger partial charge in [-0.1, -0.05) is 43.3 Å². The summed E-state index contributed by atoms with van der Waals surface area (Å²) in [7, 11) is 1.37. The number of benzene rings is 1.